The van der Waals surface area contributed by atoms with Crippen LogP contribution in [0.3, 0.4) is 0 Å². The highest BCUT2D eigenvalue weighted by atomic mass is 16.5. The SMILES string of the molecule is O=C([C@@H]1Cc2ccccc2CO1)N1CCC[C@H](Oc2cccnn2)C1. The monoisotopic (exact) mass is 339 g/mol. The second kappa shape index (κ2) is 7.19. The minimum atomic E-state index is -0.398. The first-order chi connectivity index (χ1) is 12.3. The molecule has 2 aliphatic rings. The lowest BCUT2D eigenvalue weighted by Gasteiger charge is -2.35. The predicted octanol–water partition coefficient (Wildman–Crippen LogP) is 1.99. The van der Waals surface area contributed by atoms with Crippen LogP contribution in [0.5, 0.6) is 5.88 Å². The van der Waals surface area contributed by atoms with Crippen molar-refractivity contribution < 1.29 is 14.3 Å². The average molecular weight is 339 g/mol. The van der Waals surface area contributed by atoms with Gasteiger partial charge in [-0.1, -0.05) is 24.3 Å². The van der Waals surface area contributed by atoms with Crippen molar-refractivity contribution in [2.75, 3.05) is 13.1 Å². The Morgan fingerprint density at radius 3 is 2.92 bits per heavy atom. The lowest BCUT2D eigenvalue weighted by Crippen LogP contribution is -2.49. The Morgan fingerprint density at radius 2 is 2.08 bits per heavy atom. The van der Waals surface area contributed by atoms with Crippen molar-refractivity contribution in [2.45, 2.75) is 38.1 Å². The maximum Gasteiger partial charge on any atom is 0.252 e. The van der Waals surface area contributed by atoms with Gasteiger partial charge in [0.25, 0.3) is 5.91 Å². The number of rotatable bonds is 3. The summed E-state index contributed by atoms with van der Waals surface area (Å²) in [7, 11) is 0. The fraction of sp³-hybridized carbons (Fsp3) is 0.421. The maximum absolute atomic E-state index is 12.9. The van der Waals surface area contributed by atoms with Crippen LogP contribution in [0.2, 0.25) is 0 Å². The third kappa shape index (κ3) is 3.64. The van der Waals surface area contributed by atoms with Gasteiger partial charge in [0.05, 0.1) is 13.2 Å². The molecule has 0 radical (unpaired) electrons. The highest BCUT2D eigenvalue weighted by Crippen LogP contribution is 2.23. The van der Waals surface area contributed by atoms with Crippen LogP contribution in [0, 0.1) is 0 Å². The molecule has 0 spiro atoms. The molecular weight excluding hydrogens is 318 g/mol. The number of piperidine rings is 1. The van der Waals surface area contributed by atoms with Gasteiger partial charge in [0, 0.05) is 25.2 Å². The molecule has 1 amide bonds. The zero-order valence-corrected chi connectivity index (χ0v) is 14.0. The Hall–Kier alpha value is -2.47. The standard InChI is InChI=1S/C19H21N3O3/c23-19(17-11-14-5-1-2-6-15(14)13-24-17)22-10-4-7-16(12-22)25-18-8-3-9-20-21-18/h1-3,5-6,8-9,16-17H,4,7,10-13H2/t16-,17-/m0/s1. The summed E-state index contributed by atoms with van der Waals surface area (Å²) in [5.74, 6) is 0.562. The highest BCUT2D eigenvalue weighted by Gasteiger charge is 2.32. The van der Waals surface area contributed by atoms with Crippen LogP contribution in [0.1, 0.15) is 24.0 Å². The Bertz CT molecular complexity index is 738. The fourth-order valence-corrected chi connectivity index (χ4v) is 3.46. The number of hydrogen-bond donors (Lipinski definition) is 0. The zero-order chi connectivity index (χ0) is 17.1. The molecule has 0 bridgehead atoms. The van der Waals surface area contributed by atoms with Crippen molar-refractivity contribution in [3.63, 3.8) is 0 Å². The number of ether oxygens (including phenoxy) is 2. The van der Waals surface area contributed by atoms with E-state index in [1.54, 1.807) is 18.3 Å². The Kier molecular flexibility index (Phi) is 4.61. The molecule has 3 heterocycles. The summed E-state index contributed by atoms with van der Waals surface area (Å²) in [6, 6.07) is 11.7. The first-order valence-electron chi connectivity index (χ1n) is 8.71. The van der Waals surface area contributed by atoms with E-state index in [0.29, 0.717) is 25.5 Å². The van der Waals surface area contributed by atoms with E-state index in [4.69, 9.17) is 9.47 Å². The predicted molar refractivity (Wildman–Crippen MR) is 91.0 cm³/mol. The second-order valence-electron chi connectivity index (χ2n) is 6.50. The molecule has 130 valence electrons. The minimum Gasteiger partial charge on any atom is -0.471 e. The molecule has 1 saturated heterocycles. The summed E-state index contributed by atoms with van der Waals surface area (Å²) in [4.78, 5) is 14.7. The number of nitrogens with zero attached hydrogens (tertiary/aromatic N) is 3. The van der Waals surface area contributed by atoms with Gasteiger partial charge in [-0.15, -0.1) is 5.10 Å². The van der Waals surface area contributed by atoms with Crippen LogP contribution >= 0.6 is 0 Å². The number of fused-ring (bicyclic) bond motifs is 1. The molecule has 25 heavy (non-hydrogen) atoms. The minimum absolute atomic E-state index is 0.0507. The van der Waals surface area contributed by atoms with Crippen molar-refractivity contribution in [3.05, 3.63) is 53.7 Å². The molecular formula is C19H21N3O3. The average Bonchev–Trinajstić information content (AvgIpc) is 2.68. The van der Waals surface area contributed by atoms with E-state index in [2.05, 4.69) is 22.3 Å². The van der Waals surface area contributed by atoms with E-state index in [1.807, 2.05) is 17.0 Å². The molecule has 1 aromatic heterocycles. The number of aromatic nitrogens is 2. The molecule has 4 rings (SSSR count). The van der Waals surface area contributed by atoms with Crippen molar-refractivity contribution in [1.29, 1.82) is 0 Å². The Morgan fingerprint density at radius 1 is 1.20 bits per heavy atom. The molecule has 6 heteroatoms. The van der Waals surface area contributed by atoms with E-state index < -0.39 is 6.10 Å². The van der Waals surface area contributed by atoms with Crippen molar-refractivity contribution in [3.8, 4) is 5.88 Å². The molecule has 0 aliphatic carbocycles. The number of carbonyl (C=O) groups excluding carboxylic acids is 1. The van der Waals surface area contributed by atoms with E-state index in [9.17, 15) is 4.79 Å². The fourth-order valence-electron chi connectivity index (χ4n) is 3.46. The maximum atomic E-state index is 12.9. The summed E-state index contributed by atoms with van der Waals surface area (Å²) >= 11 is 0. The molecule has 1 aromatic carbocycles. The summed E-state index contributed by atoms with van der Waals surface area (Å²) in [6.07, 6.45) is 3.63. The highest BCUT2D eigenvalue weighted by molar-refractivity contribution is 5.81. The van der Waals surface area contributed by atoms with Crippen LogP contribution in [0.15, 0.2) is 42.6 Å². The third-order valence-corrected chi connectivity index (χ3v) is 4.76. The van der Waals surface area contributed by atoms with Gasteiger partial charge in [-0.25, -0.2) is 0 Å². The lowest BCUT2D eigenvalue weighted by atomic mass is 9.98. The first kappa shape index (κ1) is 16.0. The van der Waals surface area contributed by atoms with Gasteiger partial charge in [0.15, 0.2) is 0 Å². The van der Waals surface area contributed by atoms with Gasteiger partial charge >= 0.3 is 0 Å². The van der Waals surface area contributed by atoms with Gasteiger partial charge in [-0.3, -0.25) is 4.79 Å². The lowest BCUT2D eigenvalue weighted by molar-refractivity contribution is -0.148. The molecule has 6 nitrogen and oxygen atoms in total. The van der Waals surface area contributed by atoms with Crippen LogP contribution in [-0.4, -0.2) is 46.3 Å². The quantitative estimate of drug-likeness (QED) is 0.856. The van der Waals surface area contributed by atoms with Crippen molar-refractivity contribution in [1.82, 2.24) is 15.1 Å². The van der Waals surface area contributed by atoms with Gasteiger partial charge in [0.1, 0.15) is 12.2 Å². The van der Waals surface area contributed by atoms with Gasteiger partial charge in [-0.05, 0) is 30.0 Å². The smallest absolute Gasteiger partial charge is 0.252 e. The summed E-state index contributed by atoms with van der Waals surface area (Å²) in [6.45, 7) is 1.82. The Balaban J connectivity index is 1.39. The summed E-state index contributed by atoms with van der Waals surface area (Å²) < 4.78 is 11.7. The topological polar surface area (TPSA) is 64.5 Å². The molecule has 1 fully saturated rings. The number of likely N-dealkylation sites (tertiary alicyclic amines) is 1. The summed E-state index contributed by atoms with van der Waals surface area (Å²) in [5.41, 5.74) is 2.38. The van der Waals surface area contributed by atoms with Gasteiger partial charge < -0.3 is 14.4 Å². The molecule has 0 unspecified atom stereocenters. The van der Waals surface area contributed by atoms with Crippen LogP contribution in [-0.2, 0) is 22.6 Å². The van der Waals surface area contributed by atoms with E-state index in [1.165, 1.54) is 11.1 Å². The third-order valence-electron chi connectivity index (χ3n) is 4.76. The van der Waals surface area contributed by atoms with Gasteiger partial charge in [0.2, 0.25) is 5.88 Å². The molecule has 0 saturated carbocycles. The number of hydrogen-bond acceptors (Lipinski definition) is 5. The zero-order valence-electron chi connectivity index (χ0n) is 14.0. The van der Waals surface area contributed by atoms with Crippen molar-refractivity contribution >= 4 is 5.91 Å². The van der Waals surface area contributed by atoms with Crippen LogP contribution in [0.4, 0.5) is 0 Å². The number of benzene rings is 1. The van der Waals surface area contributed by atoms with Gasteiger partial charge in [-0.2, -0.15) is 5.10 Å². The number of amides is 1. The first-order valence-corrected chi connectivity index (χ1v) is 8.71. The van der Waals surface area contributed by atoms with Crippen LogP contribution < -0.4 is 4.74 Å². The molecule has 2 atom stereocenters. The second-order valence-corrected chi connectivity index (χ2v) is 6.50. The largest absolute Gasteiger partial charge is 0.471 e. The van der Waals surface area contributed by atoms with Crippen molar-refractivity contribution in [2.24, 2.45) is 0 Å². The molecule has 2 aromatic rings. The normalized spacial score (nSPS) is 23.0. The van der Waals surface area contributed by atoms with Crippen LogP contribution in [0.25, 0.3) is 0 Å². The van der Waals surface area contributed by atoms with E-state index >= 15 is 0 Å². The van der Waals surface area contributed by atoms with E-state index in [0.717, 1.165) is 19.4 Å². The molecule has 2 aliphatic heterocycles. The summed E-state index contributed by atoms with van der Waals surface area (Å²) in [5, 5.41) is 7.78. The van der Waals surface area contributed by atoms with E-state index in [-0.39, 0.29) is 12.0 Å². The number of carbonyl (C=O) groups is 1. The Labute approximate surface area is 146 Å². The molecule has 0 N–H and O–H groups in total.